The first-order chi connectivity index (χ1) is 56.0. The molecule has 31 atom stereocenters. The third-order valence-electron chi connectivity index (χ3n) is 39.1. The fraction of sp³-hybridized carbons (Fsp3) is 0.953. The van der Waals surface area contributed by atoms with Crippen LogP contribution in [0.2, 0.25) is 0 Å². The second-order valence-electron chi connectivity index (χ2n) is 45.2. The van der Waals surface area contributed by atoms with Crippen molar-refractivity contribution >= 4 is 30.3 Å². The SMILES string of the molecule is C.C.C.C.C/C=C1/CC[C@H]2[C@@H]3CC[C@H]4C[C@](C)(O)CC[C@]4(CO)[C@H]3CC[C@]12C.C/C=C1/CC[C@H]2[C@@H]3CC[C@H]4C[C@](C)(O)CC[C@]4(COCCOC)[C@H]3CC[C@]12C.COCCBr.COCCOC[C@]12CC[C@@](C)(O)C[C@@H]1CC[C@H]1[C@@H]3CC[C@H](C(C)=O)[C@@]3(C)CC[C@@H]12.COCCOC[C@]12CC[C@@](C)(O)C[C@@H]1CC[C@H]1[C@@H]3CC[C@H](C(C)O)[C@@]3(C)CC[C@@H]12.CPC. The molecule has 0 aromatic rings. The molecule has 0 heterocycles. The molecule has 14 nitrogen and oxygen atoms in total. The lowest BCUT2D eigenvalue weighted by Gasteiger charge is -2.62. The summed E-state index contributed by atoms with van der Waals surface area (Å²) in [5, 5.41) is 65.0. The van der Waals surface area contributed by atoms with Crippen LogP contribution in [0.4, 0.5) is 0 Å². The zero-order valence-electron chi connectivity index (χ0n) is 78.4. The quantitative estimate of drug-likeness (QED) is 0.0291. The van der Waals surface area contributed by atoms with Crippen LogP contribution in [-0.4, -0.2) is 185 Å². The molecule has 16 saturated carbocycles. The van der Waals surface area contributed by atoms with Gasteiger partial charge in [0.15, 0.2) is 0 Å². The molecule has 16 rings (SSSR count). The number of ketones is 1. The van der Waals surface area contributed by atoms with Crippen molar-refractivity contribution in [2.75, 3.05) is 120 Å². The van der Waals surface area contributed by atoms with Gasteiger partial charge in [0.2, 0.25) is 0 Å². The summed E-state index contributed by atoms with van der Waals surface area (Å²) in [5.74, 6) is 12.6. The number of ether oxygens (including phenoxy) is 7. The van der Waals surface area contributed by atoms with Crippen molar-refractivity contribution in [1.29, 1.82) is 0 Å². The third-order valence-corrected chi connectivity index (χ3v) is 39.5. The van der Waals surface area contributed by atoms with Gasteiger partial charge in [0.25, 0.3) is 0 Å². The molecule has 0 aliphatic heterocycles. The maximum Gasteiger partial charge on any atom is 0.133 e. The molecule has 1 unspecified atom stereocenters. The van der Waals surface area contributed by atoms with Crippen molar-refractivity contribution in [1.82, 2.24) is 0 Å². The van der Waals surface area contributed by atoms with Gasteiger partial charge in [-0.15, -0.1) is 8.58 Å². The number of aliphatic hydroxyl groups excluding tert-OH is 2. The van der Waals surface area contributed by atoms with Crippen LogP contribution < -0.4 is 0 Å². The average Bonchev–Trinajstić information content (AvgIpc) is 1.13. The molecule has 122 heavy (non-hydrogen) atoms. The highest BCUT2D eigenvalue weighted by atomic mass is 79.9. The first kappa shape index (κ1) is 109. The predicted molar refractivity (Wildman–Crippen MR) is 511 cm³/mol. The summed E-state index contributed by atoms with van der Waals surface area (Å²) in [6.45, 7) is 38.4. The molecule has 6 N–H and O–H groups in total. The number of aliphatic hydroxyl groups is 6. The minimum atomic E-state index is -0.524. The van der Waals surface area contributed by atoms with E-state index in [1.807, 2.05) is 34.6 Å². The Balaban J connectivity index is 0.000000215. The minimum Gasteiger partial charge on any atom is -0.396 e. The molecule has 0 aromatic heterocycles. The molecular formula is C106H194BrO14P. The number of hydrogen-bond acceptors (Lipinski definition) is 14. The number of carbonyl (C=O) groups is 1. The number of halogens is 1. The van der Waals surface area contributed by atoms with Crippen LogP contribution >= 0.6 is 24.5 Å². The predicted octanol–water partition coefficient (Wildman–Crippen LogP) is 23.6. The van der Waals surface area contributed by atoms with E-state index in [1.165, 1.54) is 148 Å². The van der Waals surface area contributed by atoms with E-state index in [0.717, 1.165) is 171 Å². The summed E-state index contributed by atoms with van der Waals surface area (Å²) in [6, 6.07) is 0. The van der Waals surface area contributed by atoms with E-state index < -0.39 is 22.4 Å². The summed E-state index contributed by atoms with van der Waals surface area (Å²) in [7, 11) is 7.98. The number of carbonyl (C=O) groups excluding carboxylic acids is 1. The van der Waals surface area contributed by atoms with E-state index in [0.29, 0.717) is 122 Å². The highest BCUT2D eigenvalue weighted by molar-refractivity contribution is 9.09. The van der Waals surface area contributed by atoms with Gasteiger partial charge in [0.1, 0.15) is 5.78 Å². The highest BCUT2D eigenvalue weighted by Crippen LogP contribution is 2.74. The van der Waals surface area contributed by atoms with Gasteiger partial charge in [0, 0.05) is 46.3 Å². The van der Waals surface area contributed by atoms with Gasteiger partial charge in [-0.3, -0.25) is 4.79 Å². The van der Waals surface area contributed by atoms with Crippen molar-refractivity contribution in [2.24, 2.45) is 150 Å². The molecule has 714 valence electrons. The summed E-state index contributed by atoms with van der Waals surface area (Å²) in [5.41, 5.74) is 3.60. The van der Waals surface area contributed by atoms with Crippen LogP contribution in [-0.2, 0) is 38.0 Å². The number of rotatable bonds is 20. The molecule has 0 saturated heterocycles. The normalized spacial score (nSPS) is 46.5. The molecule has 16 aliphatic rings. The molecule has 0 bridgehead atoms. The standard InChI is InChI=1S/C25H44O4.C25H42O4.C25H42O3.C22H36O2.C3H7BrO.C2H7P.4CH4/c2*1-17(26)20-7-8-21-19-6-5-18-15-23(2,27)11-12-25(18,16-29-14-13-28-4)22(19)9-10-24(20,21)3;1-5-18-7-9-21-20-8-6-19-16-23(2,26)12-13-25(19,17-28-15-14-27-4)22(20)10-11-24(18,21)3;1-4-15-6-8-18-17-7-5-16-13-20(2,24)11-12-22(16,14-23)19(17)9-10-21(15,18)3;1-5-3-2-4;1-3-2;;;;/h17-22,26-27H,5-16H2,1-4H3;18-22,27H,5-16H2,1-4H3;5,19-22,26H,6-17H2,1-4H3;4,16-19,23-24H,5-14H2,1-3H3;2-3H2,1H3;3H,1-2H3;4*1H4/b;;18-5-;15-4-;;;;;;/t17?,18-,19-,20+,21-,22-,23+,24+,25+;18-,19-,20+,21-,22-,23+,24+,25+;19-,20-,21-,22-,23+,24+,25+;16-,17-,18-,19-,20+,21+,22+;;;;;;/m0000....../s1. The zero-order valence-corrected chi connectivity index (χ0v) is 81.0. The molecule has 0 aromatic carbocycles. The highest BCUT2D eigenvalue weighted by Gasteiger charge is 2.68. The average molecular weight is 1800 g/mol. The fourth-order valence-electron chi connectivity index (χ4n) is 33.5. The van der Waals surface area contributed by atoms with Gasteiger partial charge in [-0.05, 0) is 444 Å². The molecule has 0 radical (unpaired) electrons. The Morgan fingerprint density at radius 2 is 0.721 bits per heavy atom. The van der Waals surface area contributed by atoms with E-state index in [1.54, 1.807) is 39.6 Å². The van der Waals surface area contributed by atoms with E-state index in [9.17, 15) is 35.4 Å². The largest absolute Gasteiger partial charge is 0.396 e. The Labute approximate surface area is 759 Å². The van der Waals surface area contributed by atoms with E-state index >= 15 is 0 Å². The second kappa shape index (κ2) is 45.0. The van der Waals surface area contributed by atoms with Crippen LogP contribution in [0.1, 0.15) is 344 Å². The van der Waals surface area contributed by atoms with Crippen LogP contribution in [0.3, 0.4) is 0 Å². The number of allylic oxidation sites excluding steroid dienone is 4. The first-order valence-corrected chi connectivity index (χ1v) is 52.0. The monoisotopic (exact) mass is 1800 g/mol. The molecule has 16 fully saturated rings. The lowest BCUT2D eigenvalue weighted by Crippen LogP contribution is -2.58. The van der Waals surface area contributed by atoms with Crippen molar-refractivity contribution in [3.05, 3.63) is 23.3 Å². The zero-order chi connectivity index (χ0) is 85.7. The summed E-state index contributed by atoms with van der Waals surface area (Å²) >= 11 is 3.18. The van der Waals surface area contributed by atoms with Crippen LogP contribution in [0.25, 0.3) is 0 Å². The Morgan fingerprint density at radius 3 is 1.04 bits per heavy atom. The van der Waals surface area contributed by atoms with Crippen molar-refractivity contribution in [3.63, 3.8) is 0 Å². The summed E-state index contributed by atoms with van der Waals surface area (Å²) in [6.07, 6.45) is 46.9. The second-order valence-corrected chi connectivity index (χ2v) is 47.0. The van der Waals surface area contributed by atoms with Crippen molar-refractivity contribution in [2.45, 2.75) is 372 Å². The maximum atomic E-state index is 12.4. The van der Waals surface area contributed by atoms with E-state index in [2.05, 4.69) is 94.6 Å². The van der Waals surface area contributed by atoms with Gasteiger partial charge < -0.3 is 63.8 Å². The first-order valence-electron chi connectivity index (χ1n) is 48.9. The number of hydrogen-bond donors (Lipinski definition) is 6. The smallest absolute Gasteiger partial charge is 0.133 e. The molecule has 0 amide bonds. The van der Waals surface area contributed by atoms with Gasteiger partial charge >= 0.3 is 0 Å². The summed E-state index contributed by atoms with van der Waals surface area (Å²) in [4.78, 5) is 12.4. The molecule has 16 heteroatoms. The van der Waals surface area contributed by atoms with Gasteiger partial charge in [-0.2, -0.15) is 0 Å². The number of alkyl halides is 1. The number of methoxy groups -OCH3 is 4. The number of Topliss-reactive ketones (excluding diaryl/α,β-unsaturated/α-hetero) is 1. The molecule has 16 aliphatic carbocycles. The Hall–Kier alpha value is -0.460. The van der Waals surface area contributed by atoms with Gasteiger partial charge in [-0.25, -0.2) is 0 Å². The van der Waals surface area contributed by atoms with E-state index in [-0.39, 0.29) is 68.8 Å². The van der Waals surface area contributed by atoms with Crippen LogP contribution in [0, 0.1) is 150 Å². The van der Waals surface area contributed by atoms with Crippen molar-refractivity contribution in [3.8, 4) is 0 Å². The fourth-order valence-corrected chi connectivity index (χ4v) is 33.8. The Bertz CT molecular complexity index is 3230. The minimum absolute atomic E-state index is 0. The van der Waals surface area contributed by atoms with Crippen LogP contribution in [0.5, 0.6) is 0 Å². The molecule has 0 spiro atoms. The third kappa shape index (κ3) is 21.8. The van der Waals surface area contributed by atoms with Gasteiger partial charge in [0.05, 0.1) is 94.6 Å². The van der Waals surface area contributed by atoms with Crippen LogP contribution in [0.15, 0.2) is 23.3 Å². The number of fused-ring (bicyclic) bond motifs is 20. The summed E-state index contributed by atoms with van der Waals surface area (Å²) < 4.78 is 39.0. The topological polar surface area (TPSA) is 203 Å². The molecular weight excluding hydrogens is 1610 g/mol. The lowest BCUT2D eigenvalue weighted by atomic mass is 9.43. The Morgan fingerprint density at radius 1 is 0.410 bits per heavy atom. The maximum absolute atomic E-state index is 12.4. The van der Waals surface area contributed by atoms with Gasteiger partial charge in [-0.1, -0.05) is 96.6 Å². The van der Waals surface area contributed by atoms with Crippen molar-refractivity contribution < 1.29 is 68.6 Å². The lowest BCUT2D eigenvalue weighted by molar-refractivity contribution is -0.181. The van der Waals surface area contributed by atoms with E-state index in [4.69, 9.17) is 28.4 Å². The Kier molecular flexibility index (Phi) is 40.1.